The summed E-state index contributed by atoms with van der Waals surface area (Å²) in [5, 5.41) is 14.5. The molecule has 7 nitrogen and oxygen atoms in total. The number of carbonyl (C=O) groups excluding carboxylic acids is 2. The van der Waals surface area contributed by atoms with Gasteiger partial charge < -0.3 is 10.4 Å². The van der Waals surface area contributed by atoms with Gasteiger partial charge in [0.25, 0.3) is 5.91 Å². The molecule has 3 aromatic carbocycles. The maximum Gasteiger partial charge on any atom is 0.341 e. The molecule has 1 aliphatic heterocycles. The van der Waals surface area contributed by atoms with Crippen LogP contribution >= 0.6 is 15.9 Å². The van der Waals surface area contributed by atoms with Crippen LogP contribution in [0.2, 0.25) is 0 Å². The molecule has 3 aromatic rings. The van der Waals surface area contributed by atoms with Gasteiger partial charge in [-0.25, -0.2) is 14.8 Å². The smallest absolute Gasteiger partial charge is 0.341 e. The van der Waals surface area contributed by atoms with Gasteiger partial charge in [0.1, 0.15) is 6.54 Å². The fourth-order valence-corrected chi connectivity index (χ4v) is 4.16. The molecular weight excluding hydrogens is 474 g/mol. The number of benzene rings is 3. The standard InChI is InChI=1S/C24H20BrN3O4/c25-18-11-13-19(14-12-18)26-24(32)28-22(17-9-5-2-6-10-17)21(16-7-3-1-4-8-16)23(31)27(28)15-20(29)30/h1-14,21-22H,15H2,(H,26,32)(H,29,30). The summed E-state index contributed by atoms with van der Waals surface area (Å²) in [6.07, 6.45) is 0. The number of carboxylic acids is 1. The first-order chi connectivity index (χ1) is 15.5. The fourth-order valence-electron chi connectivity index (χ4n) is 3.89. The molecule has 0 aromatic heterocycles. The number of nitrogens with one attached hydrogen (secondary N) is 1. The second kappa shape index (κ2) is 9.23. The third-order valence-corrected chi connectivity index (χ3v) is 5.78. The zero-order valence-electron chi connectivity index (χ0n) is 16.9. The predicted molar refractivity (Wildman–Crippen MR) is 123 cm³/mol. The topological polar surface area (TPSA) is 90.0 Å². The van der Waals surface area contributed by atoms with Gasteiger partial charge in [0, 0.05) is 10.2 Å². The van der Waals surface area contributed by atoms with Gasteiger partial charge in [0.2, 0.25) is 0 Å². The number of nitrogens with zero attached hydrogens (tertiary/aromatic N) is 2. The molecule has 4 rings (SSSR count). The third kappa shape index (κ3) is 4.36. The van der Waals surface area contributed by atoms with Crippen LogP contribution in [-0.4, -0.2) is 39.6 Å². The Morgan fingerprint density at radius 2 is 1.44 bits per heavy atom. The molecule has 0 spiro atoms. The first-order valence-corrected chi connectivity index (χ1v) is 10.7. The summed E-state index contributed by atoms with van der Waals surface area (Å²) < 4.78 is 0.852. The van der Waals surface area contributed by atoms with Gasteiger partial charge in [-0.3, -0.25) is 9.59 Å². The number of anilines is 1. The second-order valence-electron chi connectivity index (χ2n) is 7.32. The number of halogens is 1. The van der Waals surface area contributed by atoms with E-state index in [2.05, 4.69) is 21.2 Å². The maximum absolute atomic E-state index is 13.5. The van der Waals surface area contributed by atoms with Crippen molar-refractivity contribution in [2.45, 2.75) is 12.0 Å². The minimum absolute atomic E-state index is 0.446. The van der Waals surface area contributed by atoms with Crippen molar-refractivity contribution in [1.82, 2.24) is 10.0 Å². The molecule has 0 radical (unpaired) electrons. The predicted octanol–water partition coefficient (Wildman–Crippen LogP) is 4.65. The van der Waals surface area contributed by atoms with Crippen LogP contribution in [0.25, 0.3) is 0 Å². The minimum atomic E-state index is -1.21. The Morgan fingerprint density at radius 1 is 0.875 bits per heavy atom. The van der Waals surface area contributed by atoms with E-state index >= 15 is 0 Å². The minimum Gasteiger partial charge on any atom is -0.480 e. The van der Waals surface area contributed by atoms with Crippen molar-refractivity contribution in [2.24, 2.45) is 0 Å². The summed E-state index contributed by atoms with van der Waals surface area (Å²) in [5.41, 5.74) is 1.96. The summed E-state index contributed by atoms with van der Waals surface area (Å²) in [5.74, 6) is -2.40. The molecule has 32 heavy (non-hydrogen) atoms. The summed E-state index contributed by atoms with van der Waals surface area (Å²) >= 11 is 3.36. The summed E-state index contributed by atoms with van der Waals surface area (Å²) in [4.78, 5) is 38.5. The van der Waals surface area contributed by atoms with E-state index in [1.807, 2.05) is 60.7 Å². The molecule has 2 N–H and O–H groups in total. The quantitative estimate of drug-likeness (QED) is 0.541. The zero-order chi connectivity index (χ0) is 22.7. The van der Waals surface area contributed by atoms with E-state index in [4.69, 9.17) is 0 Å². The van der Waals surface area contributed by atoms with Crippen LogP contribution in [0.15, 0.2) is 89.4 Å². The van der Waals surface area contributed by atoms with E-state index in [1.165, 1.54) is 5.01 Å². The van der Waals surface area contributed by atoms with Crippen molar-refractivity contribution in [1.29, 1.82) is 0 Å². The molecule has 0 bridgehead atoms. The third-order valence-electron chi connectivity index (χ3n) is 5.25. The Bertz CT molecular complexity index is 1120. The van der Waals surface area contributed by atoms with Gasteiger partial charge in [-0.1, -0.05) is 76.6 Å². The Kier molecular flexibility index (Phi) is 6.23. The van der Waals surface area contributed by atoms with Gasteiger partial charge in [-0.2, -0.15) is 0 Å². The lowest BCUT2D eigenvalue weighted by molar-refractivity contribution is -0.149. The highest BCUT2D eigenvalue weighted by Crippen LogP contribution is 2.44. The average molecular weight is 494 g/mol. The van der Waals surface area contributed by atoms with Gasteiger partial charge in [-0.05, 0) is 35.4 Å². The molecule has 1 saturated heterocycles. The number of hydrogen-bond donors (Lipinski definition) is 2. The Labute approximate surface area is 193 Å². The van der Waals surface area contributed by atoms with Gasteiger partial charge in [-0.15, -0.1) is 0 Å². The highest BCUT2D eigenvalue weighted by Gasteiger charge is 2.51. The first-order valence-electron chi connectivity index (χ1n) is 9.94. The molecule has 1 fully saturated rings. The molecule has 0 aliphatic carbocycles. The maximum atomic E-state index is 13.5. The van der Waals surface area contributed by atoms with Crippen molar-refractivity contribution in [3.63, 3.8) is 0 Å². The summed E-state index contributed by atoms with van der Waals surface area (Å²) in [6.45, 7) is -0.626. The Hall–Kier alpha value is -3.65. The van der Waals surface area contributed by atoms with E-state index in [0.29, 0.717) is 11.3 Å². The molecule has 3 amide bonds. The summed E-state index contributed by atoms with van der Waals surface area (Å²) in [6, 6.07) is 24.0. The SMILES string of the molecule is O=C(O)CN1C(=O)C(c2ccccc2)C(c2ccccc2)N1C(=O)Nc1ccc(Br)cc1. The van der Waals surface area contributed by atoms with E-state index in [-0.39, 0.29) is 0 Å². The number of aliphatic carboxylic acids is 1. The lowest BCUT2D eigenvalue weighted by atomic mass is 9.87. The molecule has 2 unspecified atom stereocenters. The monoisotopic (exact) mass is 493 g/mol. The normalized spacial score (nSPS) is 18.0. The number of carbonyl (C=O) groups is 3. The number of carboxylic acid groups (broad SMARTS) is 1. The second-order valence-corrected chi connectivity index (χ2v) is 8.23. The molecular formula is C24H20BrN3O4. The number of hydrogen-bond acceptors (Lipinski definition) is 3. The Morgan fingerprint density at radius 3 is 2.00 bits per heavy atom. The van der Waals surface area contributed by atoms with E-state index < -0.39 is 36.4 Å². The van der Waals surface area contributed by atoms with Gasteiger partial charge in [0.05, 0.1) is 12.0 Å². The summed E-state index contributed by atoms with van der Waals surface area (Å²) in [7, 11) is 0. The lowest BCUT2D eigenvalue weighted by Crippen LogP contribution is -2.48. The van der Waals surface area contributed by atoms with Crippen molar-refractivity contribution < 1.29 is 19.5 Å². The van der Waals surface area contributed by atoms with Gasteiger partial charge >= 0.3 is 12.0 Å². The van der Waals surface area contributed by atoms with Crippen LogP contribution in [0.3, 0.4) is 0 Å². The fraction of sp³-hybridized carbons (Fsp3) is 0.125. The molecule has 2 atom stereocenters. The Balaban J connectivity index is 1.79. The highest BCUT2D eigenvalue weighted by molar-refractivity contribution is 9.10. The van der Waals surface area contributed by atoms with Crippen LogP contribution in [-0.2, 0) is 9.59 Å². The van der Waals surface area contributed by atoms with Crippen molar-refractivity contribution in [3.8, 4) is 0 Å². The number of hydrazine groups is 1. The van der Waals surface area contributed by atoms with Crippen molar-refractivity contribution >= 4 is 39.5 Å². The van der Waals surface area contributed by atoms with Gasteiger partial charge in [0.15, 0.2) is 0 Å². The molecule has 1 aliphatic rings. The number of urea groups is 1. The first kappa shape index (κ1) is 21.6. The van der Waals surface area contributed by atoms with Crippen LogP contribution in [0.1, 0.15) is 23.1 Å². The zero-order valence-corrected chi connectivity index (χ0v) is 18.5. The van der Waals surface area contributed by atoms with E-state index in [0.717, 1.165) is 15.0 Å². The molecule has 1 heterocycles. The van der Waals surface area contributed by atoms with Crippen LogP contribution in [0.5, 0.6) is 0 Å². The average Bonchev–Trinajstić information content (AvgIpc) is 3.08. The van der Waals surface area contributed by atoms with Crippen LogP contribution in [0.4, 0.5) is 10.5 Å². The molecule has 162 valence electrons. The van der Waals surface area contributed by atoms with Crippen molar-refractivity contribution in [2.75, 3.05) is 11.9 Å². The van der Waals surface area contributed by atoms with E-state index in [1.54, 1.807) is 24.3 Å². The van der Waals surface area contributed by atoms with Crippen LogP contribution < -0.4 is 5.32 Å². The van der Waals surface area contributed by atoms with Crippen molar-refractivity contribution in [3.05, 3.63) is 101 Å². The molecule has 8 heteroatoms. The van der Waals surface area contributed by atoms with E-state index in [9.17, 15) is 19.5 Å². The lowest BCUT2D eigenvalue weighted by Gasteiger charge is -2.31. The number of amides is 3. The largest absolute Gasteiger partial charge is 0.480 e. The molecule has 0 saturated carbocycles. The number of rotatable bonds is 5. The van der Waals surface area contributed by atoms with Crippen LogP contribution in [0, 0.1) is 0 Å². The highest BCUT2D eigenvalue weighted by atomic mass is 79.9.